The van der Waals surface area contributed by atoms with Crippen LogP contribution in [0.1, 0.15) is 22.3 Å². The van der Waals surface area contributed by atoms with Crippen molar-refractivity contribution in [3.05, 3.63) is 29.3 Å². The molecule has 0 saturated carbocycles. The molecule has 0 fully saturated rings. The van der Waals surface area contributed by atoms with Crippen molar-refractivity contribution in [3.63, 3.8) is 0 Å². The fourth-order valence-electron chi connectivity index (χ4n) is 1.48. The molecule has 0 unspecified atom stereocenters. The minimum Gasteiger partial charge on any atom is -0.374 e. The lowest BCUT2D eigenvalue weighted by molar-refractivity contribution is -0.137. The summed E-state index contributed by atoms with van der Waals surface area (Å²) in [6.45, 7) is 0.328. The number of hydrogen-bond acceptors (Lipinski definition) is 3. The largest absolute Gasteiger partial charge is 0.417 e. The van der Waals surface area contributed by atoms with Gasteiger partial charge in [-0.25, -0.2) is 0 Å². The summed E-state index contributed by atoms with van der Waals surface area (Å²) in [7, 11) is 1.59. The average molecular weight is 256 g/mol. The highest BCUT2D eigenvalue weighted by molar-refractivity contribution is 5.79. The number of alkyl halides is 3. The third-order valence-corrected chi connectivity index (χ3v) is 2.47. The normalized spacial score (nSPS) is 10.8. The molecule has 3 nitrogen and oxygen atoms in total. The summed E-state index contributed by atoms with van der Waals surface area (Å²) < 4.78 is 38.1. The molecule has 0 amide bonds. The van der Waals surface area contributed by atoms with Gasteiger partial charge < -0.3 is 4.90 Å². The highest BCUT2D eigenvalue weighted by Gasteiger charge is 2.33. The molecule has 6 heteroatoms. The zero-order valence-electron chi connectivity index (χ0n) is 9.66. The Balaban J connectivity index is 3.11. The Labute approximate surface area is 102 Å². The molecule has 0 heterocycles. The maximum Gasteiger partial charge on any atom is 0.417 e. The van der Waals surface area contributed by atoms with Crippen LogP contribution in [-0.4, -0.2) is 19.9 Å². The number of nitrogens with zero attached hydrogens (tertiary/aromatic N) is 2. The molecule has 96 valence electrons. The molecule has 0 aliphatic rings. The van der Waals surface area contributed by atoms with Crippen LogP contribution in [0, 0.1) is 11.3 Å². The highest BCUT2D eigenvalue weighted by atomic mass is 19.4. The molecule has 0 N–H and O–H groups in total. The van der Waals surface area contributed by atoms with Gasteiger partial charge in [0.2, 0.25) is 0 Å². The zero-order valence-corrected chi connectivity index (χ0v) is 9.66. The smallest absolute Gasteiger partial charge is 0.374 e. The lowest BCUT2D eigenvalue weighted by atomic mass is 10.1. The third-order valence-electron chi connectivity index (χ3n) is 2.47. The molecule has 0 aliphatic carbocycles. The van der Waals surface area contributed by atoms with Gasteiger partial charge in [-0.1, -0.05) is 0 Å². The van der Waals surface area contributed by atoms with Gasteiger partial charge >= 0.3 is 6.18 Å². The predicted octanol–water partition coefficient (Wildman–Crippen LogP) is 2.87. The maximum atomic E-state index is 12.7. The summed E-state index contributed by atoms with van der Waals surface area (Å²) in [5.74, 6) is 0. The quantitative estimate of drug-likeness (QED) is 0.778. The van der Waals surface area contributed by atoms with Crippen LogP contribution >= 0.6 is 0 Å². The first-order valence-electron chi connectivity index (χ1n) is 5.14. The Kier molecular flexibility index (Phi) is 4.32. The summed E-state index contributed by atoms with van der Waals surface area (Å²) >= 11 is 0. The van der Waals surface area contributed by atoms with Crippen molar-refractivity contribution in [2.24, 2.45) is 0 Å². The molecule has 0 aliphatic heterocycles. The van der Waals surface area contributed by atoms with Crippen molar-refractivity contribution >= 4 is 12.0 Å². The van der Waals surface area contributed by atoms with E-state index in [9.17, 15) is 18.0 Å². The number of hydrogen-bond donors (Lipinski definition) is 0. The Morgan fingerprint density at radius 1 is 1.44 bits per heavy atom. The lowest BCUT2D eigenvalue weighted by Crippen LogP contribution is -2.19. The van der Waals surface area contributed by atoms with E-state index >= 15 is 0 Å². The monoisotopic (exact) mass is 256 g/mol. The van der Waals surface area contributed by atoms with E-state index < -0.39 is 11.7 Å². The summed E-state index contributed by atoms with van der Waals surface area (Å²) in [6.07, 6.45) is -4.17. The third kappa shape index (κ3) is 3.23. The fraction of sp³-hybridized carbons (Fsp3) is 0.333. The Hall–Kier alpha value is -2.03. The van der Waals surface area contributed by atoms with Gasteiger partial charge in [0.15, 0.2) is 6.29 Å². The number of aldehydes is 1. The first kappa shape index (κ1) is 14.0. The van der Waals surface area contributed by atoms with E-state index in [2.05, 4.69) is 0 Å². The molecular weight excluding hydrogens is 245 g/mol. The van der Waals surface area contributed by atoms with Crippen LogP contribution in [0.5, 0.6) is 0 Å². The highest BCUT2D eigenvalue weighted by Crippen LogP contribution is 2.33. The topological polar surface area (TPSA) is 44.1 Å². The van der Waals surface area contributed by atoms with Gasteiger partial charge in [0.1, 0.15) is 0 Å². The zero-order chi connectivity index (χ0) is 13.8. The van der Waals surface area contributed by atoms with E-state index in [4.69, 9.17) is 5.26 Å². The number of nitriles is 1. The minimum absolute atomic E-state index is 0.182. The van der Waals surface area contributed by atoms with Crippen molar-refractivity contribution in [1.29, 1.82) is 5.26 Å². The molecule has 0 spiro atoms. The van der Waals surface area contributed by atoms with Crippen molar-refractivity contribution in [1.82, 2.24) is 0 Å². The van der Waals surface area contributed by atoms with E-state index in [0.29, 0.717) is 12.2 Å². The van der Waals surface area contributed by atoms with Gasteiger partial charge in [-0.15, -0.1) is 0 Å². The number of benzene rings is 1. The van der Waals surface area contributed by atoms with E-state index in [1.54, 1.807) is 7.05 Å². The number of anilines is 1. The van der Waals surface area contributed by atoms with Crippen LogP contribution in [0.15, 0.2) is 18.2 Å². The summed E-state index contributed by atoms with van der Waals surface area (Å²) in [5.41, 5.74) is -1.03. The second kappa shape index (κ2) is 5.54. The standard InChI is InChI=1S/C12H11F3N2O/c1-17(6-2-5-16)10-4-3-9(8-18)11(7-10)12(13,14)15/h3-4,7-8H,2,6H2,1H3. The second-order valence-electron chi connectivity index (χ2n) is 3.72. The van der Waals surface area contributed by atoms with Gasteiger partial charge in [0.05, 0.1) is 18.1 Å². The van der Waals surface area contributed by atoms with Crippen LogP contribution < -0.4 is 4.90 Å². The lowest BCUT2D eigenvalue weighted by Gasteiger charge is -2.20. The summed E-state index contributed by atoms with van der Waals surface area (Å²) in [4.78, 5) is 12.1. The molecule has 0 bridgehead atoms. The molecule has 0 atom stereocenters. The minimum atomic E-state index is -4.57. The predicted molar refractivity (Wildman–Crippen MR) is 60.3 cm³/mol. The first-order valence-corrected chi connectivity index (χ1v) is 5.14. The molecule has 1 aromatic rings. The van der Waals surface area contributed by atoms with Crippen molar-refractivity contribution in [3.8, 4) is 6.07 Å². The molecule has 18 heavy (non-hydrogen) atoms. The summed E-state index contributed by atoms with van der Waals surface area (Å²) in [6, 6.07) is 5.39. The van der Waals surface area contributed by atoms with Gasteiger partial charge in [0.25, 0.3) is 0 Å². The number of carbonyl (C=O) groups is 1. The first-order chi connectivity index (χ1) is 8.40. The fourth-order valence-corrected chi connectivity index (χ4v) is 1.48. The SMILES string of the molecule is CN(CCC#N)c1ccc(C=O)c(C(F)(F)F)c1. The van der Waals surface area contributed by atoms with E-state index in [1.165, 1.54) is 11.0 Å². The van der Waals surface area contributed by atoms with Crippen LogP contribution in [0.2, 0.25) is 0 Å². The van der Waals surface area contributed by atoms with E-state index in [1.807, 2.05) is 6.07 Å². The van der Waals surface area contributed by atoms with Crippen molar-refractivity contribution in [2.45, 2.75) is 12.6 Å². The van der Waals surface area contributed by atoms with Gasteiger partial charge in [-0.05, 0) is 18.2 Å². The van der Waals surface area contributed by atoms with Crippen molar-refractivity contribution < 1.29 is 18.0 Å². The molecule has 1 rings (SSSR count). The van der Waals surface area contributed by atoms with E-state index in [-0.39, 0.29) is 18.3 Å². The Bertz CT molecular complexity index is 477. The van der Waals surface area contributed by atoms with Crippen LogP contribution in [0.25, 0.3) is 0 Å². The Morgan fingerprint density at radius 2 is 2.11 bits per heavy atom. The van der Waals surface area contributed by atoms with Gasteiger partial charge in [0, 0.05) is 24.8 Å². The molecule has 0 aromatic heterocycles. The molecule has 0 saturated heterocycles. The van der Waals surface area contributed by atoms with Crippen molar-refractivity contribution in [2.75, 3.05) is 18.5 Å². The summed E-state index contributed by atoms with van der Waals surface area (Å²) in [5, 5.41) is 8.43. The number of carbonyl (C=O) groups excluding carboxylic acids is 1. The van der Waals surface area contributed by atoms with Crippen LogP contribution in [0.4, 0.5) is 18.9 Å². The van der Waals surface area contributed by atoms with Crippen LogP contribution in [0.3, 0.4) is 0 Å². The maximum absolute atomic E-state index is 12.7. The number of rotatable bonds is 4. The average Bonchev–Trinajstić information content (AvgIpc) is 2.34. The van der Waals surface area contributed by atoms with Gasteiger partial charge in [-0.2, -0.15) is 18.4 Å². The Morgan fingerprint density at radius 3 is 2.61 bits per heavy atom. The van der Waals surface area contributed by atoms with E-state index in [0.717, 1.165) is 12.1 Å². The number of halogens is 3. The van der Waals surface area contributed by atoms with Gasteiger partial charge in [-0.3, -0.25) is 4.79 Å². The molecule has 0 radical (unpaired) electrons. The molecule has 1 aromatic carbocycles. The second-order valence-corrected chi connectivity index (χ2v) is 3.72. The molecular formula is C12H11F3N2O. The van der Waals surface area contributed by atoms with Crippen LogP contribution in [-0.2, 0) is 6.18 Å².